The maximum atomic E-state index is 11.8. The number of methoxy groups -OCH3 is 1. The van der Waals surface area contributed by atoms with Crippen LogP contribution in [0.25, 0.3) is 0 Å². The van der Waals surface area contributed by atoms with Crippen molar-refractivity contribution in [3.8, 4) is 0 Å². The highest BCUT2D eigenvalue weighted by atomic mass is 32.2. The first-order valence-corrected chi connectivity index (χ1v) is 8.29. The molecule has 2 rings (SSSR count). The first kappa shape index (κ1) is 15.7. The van der Waals surface area contributed by atoms with Gasteiger partial charge in [-0.15, -0.1) is 0 Å². The summed E-state index contributed by atoms with van der Waals surface area (Å²) in [5.41, 5.74) is 1.49. The highest BCUT2D eigenvalue weighted by molar-refractivity contribution is 7.92. The highest BCUT2D eigenvalue weighted by Crippen LogP contribution is 2.28. The van der Waals surface area contributed by atoms with Crippen molar-refractivity contribution in [2.75, 3.05) is 30.9 Å². The van der Waals surface area contributed by atoms with Crippen molar-refractivity contribution in [2.45, 2.75) is 18.8 Å². The second kappa shape index (κ2) is 5.98. The van der Waals surface area contributed by atoms with Crippen LogP contribution in [-0.2, 0) is 21.2 Å². The van der Waals surface area contributed by atoms with Gasteiger partial charge in [0.15, 0.2) is 9.84 Å². The van der Waals surface area contributed by atoms with E-state index in [9.17, 15) is 18.5 Å². The molecule has 0 radical (unpaired) electrons. The van der Waals surface area contributed by atoms with Crippen LogP contribution in [-0.4, -0.2) is 44.5 Å². The van der Waals surface area contributed by atoms with Gasteiger partial charge in [-0.1, -0.05) is 0 Å². The van der Waals surface area contributed by atoms with Crippen molar-refractivity contribution in [2.24, 2.45) is 0 Å². The molecule has 0 aliphatic carbocycles. The third-order valence-corrected chi connectivity index (χ3v) is 5.78. The zero-order valence-corrected chi connectivity index (χ0v) is 12.8. The molecule has 0 bridgehead atoms. The summed E-state index contributed by atoms with van der Waals surface area (Å²) in [7, 11) is -1.51. The van der Waals surface area contributed by atoms with Gasteiger partial charge in [-0.2, -0.15) is 0 Å². The lowest BCUT2D eigenvalue weighted by atomic mass is 10.1. The van der Waals surface area contributed by atoms with E-state index in [2.05, 4.69) is 0 Å². The van der Waals surface area contributed by atoms with Crippen molar-refractivity contribution in [3.05, 3.63) is 33.9 Å². The van der Waals surface area contributed by atoms with Crippen molar-refractivity contribution in [3.63, 3.8) is 0 Å². The Labute approximate surface area is 123 Å². The molecule has 1 aromatic carbocycles. The molecular formula is C13H18N2O5S. The number of nitrogens with zero attached hydrogens (tertiary/aromatic N) is 2. The molecule has 1 fully saturated rings. The van der Waals surface area contributed by atoms with E-state index in [-0.39, 0.29) is 18.0 Å². The zero-order chi connectivity index (χ0) is 15.6. The summed E-state index contributed by atoms with van der Waals surface area (Å²) in [6.07, 6.45) is 0. The van der Waals surface area contributed by atoms with E-state index in [4.69, 9.17) is 4.74 Å². The zero-order valence-electron chi connectivity index (χ0n) is 12.0. The average molecular weight is 314 g/mol. The van der Waals surface area contributed by atoms with Crippen LogP contribution in [0.4, 0.5) is 11.4 Å². The lowest BCUT2D eigenvalue weighted by Gasteiger charge is -2.33. The monoisotopic (exact) mass is 314 g/mol. The number of anilines is 1. The Bertz CT molecular complexity index is 644. The van der Waals surface area contributed by atoms with E-state index >= 15 is 0 Å². The minimum absolute atomic E-state index is 0.00322. The molecule has 8 heteroatoms. The highest BCUT2D eigenvalue weighted by Gasteiger charge is 2.30. The Morgan fingerprint density at radius 1 is 1.48 bits per heavy atom. The topological polar surface area (TPSA) is 89.8 Å². The van der Waals surface area contributed by atoms with Crippen LogP contribution in [0.15, 0.2) is 18.2 Å². The molecule has 1 heterocycles. The maximum Gasteiger partial charge on any atom is 0.269 e. The van der Waals surface area contributed by atoms with Gasteiger partial charge in [0.05, 0.1) is 22.5 Å². The number of ether oxygens (including phenoxy) is 1. The van der Waals surface area contributed by atoms with Crippen LogP contribution in [0.1, 0.15) is 12.5 Å². The summed E-state index contributed by atoms with van der Waals surface area (Å²) < 4.78 is 28.6. The number of rotatable bonds is 4. The molecule has 1 saturated heterocycles. The fourth-order valence-corrected chi connectivity index (χ4v) is 3.72. The van der Waals surface area contributed by atoms with Gasteiger partial charge in [-0.3, -0.25) is 10.1 Å². The SMILES string of the molecule is COCc1cc([N+](=O)[O-])ccc1N1CCS(=O)(=O)C(C)C1. The summed E-state index contributed by atoms with van der Waals surface area (Å²) in [4.78, 5) is 12.4. The van der Waals surface area contributed by atoms with Crippen molar-refractivity contribution in [1.82, 2.24) is 0 Å². The van der Waals surface area contributed by atoms with Gasteiger partial charge in [0.2, 0.25) is 0 Å². The summed E-state index contributed by atoms with van der Waals surface area (Å²) >= 11 is 0. The quantitative estimate of drug-likeness (QED) is 0.616. The van der Waals surface area contributed by atoms with Crippen molar-refractivity contribution >= 4 is 21.2 Å². The Hall–Kier alpha value is -1.67. The number of non-ortho nitro benzene ring substituents is 1. The molecule has 0 amide bonds. The predicted molar refractivity (Wildman–Crippen MR) is 79.3 cm³/mol. The lowest BCUT2D eigenvalue weighted by Crippen LogP contribution is -2.45. The number of nitro benzene ring substituents is 1. The van der Waals surface area contributed by atoms with Crippen LogP contribution in [0.3, 0.4) is 0 Å². The van der Waals surface area contributed by atoms with E-state index in [1.165, 1.54) is 19.2 Å². The molecule has 21 heavy (non-hydrogen) atoms. The molecule has 1 aliphatic rings. The van der Waals surface area contributed by atoms with Crippen LogP contribution in [0.5, 0.6) is 0 Å². The van der Waals surface area contributed by atoms with Gasteiger partial charge in [0.1, 0.15) is 0 Å². The summed E-state index contributed by atoms with van der Waals surface area (Å²) in [6, 6.07) is 4.58. The molecular weight excluding hydrogens is 296 g/mol. The summed E-state index contributed by atoms with van der Waals surface area (Å²) in [5, 5.41) is 10.4. The third-order valence-electron chi connectivity index (χ3n) is 3.65. The van der Waals surface area contributed by atoms with Gasteiger partial charge >= 0.3 is 0 Å². The number of sulfone groups is 1. The normalized spacial score (nSPS) is 21.2. The van der Waals surface area contributed by atoms with Crippen molar-refractivity contribution < 1.29 is 18.1 Å². The second-order valence-corrected chi connectivity index (χ2v) is 7.67. The molecule has 0 spiro atoms. The van der Waals surface area contributed by atoms with E-state index in [1.54, 1.807) is 13.0 Å². The van der Waals surface area contributed by atoms with Gasteiger partial charge in [0.25, 0.3) is 5.69 Å². The smallest absolute Gasteiger partial charge is 0.269 e. The van der Waals surface area contributed by atoms with E-state index in [0.29, 0.717) is 18.7 Å². The van der Waals surface area contributed by atoms with Crippen LogP contribution in [0, 0.1) is 10.1 Å². The molecule has 1 aromatic rings. The minimum Gasteiger partial charge on any atom is -0.380 e. The lowest BCUT2D eigenvalue weighted by molar-refractivity contribution is -0.384. The molecule has 116 valence electrons. The van der Waals surface area contributed by atoms with Gasteiger partial charge in [0, 0.05) is 43.6 Å². The Balaban J connectivity index is 2.33. The number of hydrogen-bond donors (Lipinski definition) is 0. The largest absolute Gasteiger partial charge is 0.380 e. The molecule has 1 atom stereocenters. The first-order chi connectivity index (χ1) is 9.85. The standard InChI is InChI=1S/C13H18N2O5S/c1-10-8-14(5-6-21(10,18)19)13-4-3-12(15(16)17)7-11(13)9-20-2/h3-4,7,10H,5-6,8-9H2,1-2H3. The Kier molecular flexibility index (Phi) is 4.48. The number of benzene rings is 1. The summed E-state index contributed by atoms with van der Waals surface area (Å²) in [5.74, 6) is 0.0948. The van der Waals surface area contributed by atoms with E-state index < -0.39 is 20.0 Å². The second-order valence-electron chi connectivity index (χ2n) is 5.13. The Morgan fingerprint density at radius 3 is 2.76 bits per heavy atom. The van der Waals surface area contributed by atoms with Crippen LogP contribution >= 0.6 is 0 Å². The molecule has 0 N–H and O–H groups in total. The average Bonchev–Trinajstić information content (AvgIpc) is 2.42. The van der Waals surface area contributed by atoms with Crippen molar-refractivity contribution in [1.29, 1.82) is 0 Å². The first-order valence-electron chi connectivity index (χ1n) is 6.58. The van der Waals surface area contributed by atoms with E-state index in [1.807, 2.05) is 4.90 Å². The fraction of sp³-hybridized carbons (Fsp3) is 0.538. The van der Waals surface area contributed by atoms with Crippen LogP contribution < -0.4 is 4.90 Å². The van der Waals surface area contributed by atoms with Crippen LogP contribution in [0.2, 0.25) is 0 Å². The van der Waals surface area contributed by atoms with Gasteiger partial charge in [-0.05, 0) is 13.0 Å². The van der Waals surface area contributed by atoms with E-state index in [0.717, 1.165) is 5.69 Å². The predicted octanol–water partition coefficient (Wildman–Crippen LogP) is 1.36. The fourth-order valence-electron chi connectivity index (χ4n) is 2.44. The molecule has 0 aromatic heterocycles. The third kappa shape index (κ3) is 3.33. The number of nitro groups is 1. The minimum atomic E-state index is -3.03. The Morgan fingerprint density at radius 2 is 2.19 bits per heavy atom. The summed E-state index contributed by atoms with van der Waals surface area (Å²) in [6.45, 7) is 2.70. The molecule has 1 unspecified atom stereocenters. The van der Waals surface area contributed by atoms with Gasteiger partial charge in [-0.25, -0.2) is 8.42 Å². The molecule has 7 nitrogen and oxygen atoms in total. The van der Waals surface area contributed by atoms with Gasteiger partial charge < -0.3 is 9.64 Å². The molecule has 0 saturated carbocycles. The maximum absolute atomic E-state index is 11.8. The molecule has 1 aliphatic heterocycles. The number of hydrogen-bond acceptors (Lipinski definition) is 6.